The van der Waals surface area contributed by atoms with Crippen molar-refractivity contribution in [2.45, 2.75) is 183 Å². The third-order valence-electron chi connectivity index (χ3n) is 19.4. The van der Waals surface area contributed by atoms with Gasteiger partial charge < -0.3 is 18.9 Å². The lowest BCUT2D eigenvalue weighted by molar-refractivity contribution is -0.171. The molecule has 0 aromatic heterocycles. The molecule has 1 aliphatic rings. The summed E-state index contributed by atoms with van der Waals surface area (Å²) in [5.74, 6) is -3.29. The number of rotatable bonds is 36. The molecule has 0 radical (unpaired) electrons. The lowest BCUT2D eigenvalue weighted by Crippen LogP contribution is -2.33. The number of nitrogens with zero attached hydrogens (tertiary/aromatic N) is 2. The summed E-state index contributed by atoms with van der Waals surface area (Å²) in [6.07, 6.45) is -13.3. The molecule has 1 heterocycles. The minimum atomic E-state index is -4.83. The average Bonchev–Trinajstić information content (AvgIpc) is 1.55. The first-order valence-corrected chi connectivity index (χ1v) is 41.3. The third kappa shape index (κ3) is 34.0. The number of carbonyl (C=O) groups excluding carboxylic acids is 3. The van der Waals surface area contributed by atoms with E-state index in [2.05, 4.69) is 148 Å². The van der Waals surface area contributed by atoms with Crippen LogP contribution in [0.25, 0.3) is 0 Å². The second-order valence-corrected chi connectivity index (χ2v) is 30.6. The minimum Gasteiger partial charge on any atom is -0.493 e. The number of Topliss-reactive ketones (excluding diaryl/α,β-unsaturated/α-hetero) is 3. The Bertz CT molecular complexity index is 4270. The number of likely N-dealkylation sites (tertiary alicyclic amines) is 1. The summed E-state index contributed by atoms with van der Waals surface area (Å²) in [6, 6.07) is 74.7. The van der Waals surface area contributed by atoms with Gasteiger partial charge in [-0.25, -0.2) is 8.42 Å². The van der Waals surface area contributed by atoms with Crippen molar-refractivity contribution in [2.75, 3.05) is 64.1 Å². The van der Waals surface area contributed by atoms with Gasteiger partial charge in [0, 0.05) is 69.7 Å². The van der Waals surface area contributed by atoms with Crippen LogP contribution in [0.15, 0.2) is 231 Å². The van der Waals surface area contributed by atoms with Crippen molar-refractivity contribution in [3.63, 3.8) is 0 Å². The molecule has 11 nitrogen and oxygen atoms in total. The maximum Gasteiger partial charge on any atom is 0.449 e. The third-order valence-corrected chi connectivity index (χ3v) is 21.0. The Morgan fingerprint density at radius 1 is 0.448 bits per heavy atom. The predicted octanol–water partition coefficient (Wildman–Crippen LogP) is 22.8. The van der Waals surface area contributed by atoms with E-state index in [0.29, 0.717) is 46.6 Å². The van der Waals surface area contributed by atoms with Crippen molar-refractivity contribution in [1.82, 2.24) is 9.80 Å². The monoisotopic (exact) mass is 1630 g/mol. The second kappa shape index (κ2) is 49.0. The number of alkyl halides is 9. The van der Waals surface area contributed by atoms with Crippen molar-refractivity contribution >= 4 is 27.2 Å². The molecule has 1 saturated heterocycles. The van der Waals surface area contributed by atoms with E-state index in [0.717, 1.165) is 63.1 Å². The van der Waals surface area contributed by atoms with E-state index in [1.807, 2.05) is 88.4 Å². The van der Waals surface area contributed by atoms with Gasteiger partial charge >= 0.3 is 18.5 Å². The molecule has 0 spiro atoms. The van der Waals surface area contributed by atoms with Crippen LogP contribution in [0.5, 0.6) is 17.2 Å². The maximum atomic E-state index is 12.5. The number of ether oxygens (including phenoxy) is 4. The van der Waals surface area contributed by atoms with E-state index >= 15 is 0 Å². The summed E-state index contributed by atoms with van der Waals surface area (Å²) in [4.78, 5) is 38.2. The number of unbranched alkanes of at least 4 members (excludes halogenated alkanes) is 1. The van der Waals surface area contributed by atoms with Crippen molar-refractivity contribution in [3.8, 4) is 17.2 Å². The van der Waals surface area contributed by atoms with Gasteiger partial charge in [0.25, 0.3) is 0 Å². The molecule has 0 aliphatic carbocycles. The quantitative estimate of drug-likeness (QED) is 0.0348. The fourth-order valence-corrected chi connectivity index (χ4v) is 13.7. The van der Waals surface area contributed by atoms with Gasteiger partial charge in [0.1, 0.15) is 42.7 Å². The van der Waals surface area contributed by atoms with Crippen molar-refractivity contribution in [1.29, 1.82) is 0 Å². The summed E-state index contributed by atoms with van der Waals surface area (Å²) in [5, 5.41) is 0. The zero-order chi connectivity index (χ0) is 84.1. The lowest BCUT2D eigenvalue weighted by Gasteiger charge is -2.28. The van der Waals surface area contributed by atoms with Crippen LogP contribution in [0.1, 0.15) is 178 Å². The molecule has 9 aromatic carbocycles. The lowest BCUT2D eigenvalue weighted by atomic mass is 9.89. The van der Waals surface area contributed by atoms with Gasteiger partial charge in [-0.3, -0.25) is 24.2 Å². The number of benzene rings is 9. The maximum absolute atomic E-state index is 12.5. The zero-order valence-corrected chi connectivity index (χ0v) is 68.5. The minimum absolute atomic E-state index is 0. The summed E-state index contributed by atoms with van der Waals surface area (Å²) >= 11 is 0. The zero-order valence-electron chi connectivity index (χ0n) is 67.6. The molecule has 1 fully saturated rings. The number of hydrogen-bond donors (Lipinski definition) is 0. The van der Waals surface area contributed by atoms with Crippen LogP contribution in [0, 0.1) is 27.7 Å². The van der Waals surface area contributed by atoms with E-state index in [4.69, 9.17) is 18.9 Å². The highest BCUT2D eigenvalue weighted by Crippen LogP contribution is 2.34. The van der Waals surface area contributed by atoms with Crippen LogP contribution in [0.2, 0.25) is 0 Å². The van der Waals surface area contributed by atoms with Gasteiger partial charge in [0.15, 0.2) is 9.84 Å². The number of ketones is 3. The molecule has 10 rings (SSSR count). The van der Waals surface area contributed by atoms with Gasteiger partial charge in [-0.1, -0.05) is 265 Å². The van der Waals surface area contributed by atoms with Crippen LogP contribution in [0.4, 0.5) is 39.5 Å². The molecule has 628 valence electrons. The first-order chi connectivity index (χ1) is 54.9. The molecular formula is C95H115F9N2O9S. The van der Waals surface area contributed by atoms with E-state index in [-0.39, 0.29) is 75.5 Å². The number of carbonyl (C=O) groups is 3. The molecule has 9 aromatic rings. The largest absolute Gasteiger partial charge is 0.493 e. The summed E-state index contributed by atoms with van der Waals surface area (Å²) in [7, 11) is -3.45. The smallest absolute Gasteiger partial charge is 0.449 e. The van der Waals surface area contributed by atoms with Gasteiger partial charge in [-0.05, 0) is 153 Å². The Kier molecular flexibility index (Phi) is 41.0. The van der Waals surface area contributed by atoms with E-state index < -0.39 is 65.0 Å². The number of hydrogen-bond acceptors (Lipinski definition) is 11. The molecule has 2 atom stereocenters. The van der Waals surface area contributed by atoms with Crippen LogP contribution >= 0.6 is 0 Å². The molecule has 0 saturated carbocycles. The van der Waals surface area contributed by atoms with E-state index in [9.17, 15) is 62.3 Å². The van der Waals surface area contributed by atoms with Crippen LogP contribution in [-0.4, -0.2) is 130 Å². The standard InChI is InChI=1S/C32H38F3NO2.C31H34F3NO2.C27H27F3O5S.2C2H6.CH4/c1-4-5-20-36(21-22-38-29-17-10-26(11-18-29)12-19-31(37)32(33,34)35)23-30(27-13-6-24(2)7-14-27)28-15-8-25(3)9-16-28;1-21-4-11-25(12-5-21)29(26-13-6-22(2)7-14-26)20-35-19-28(18-23(35)3)37-27-15-8-24(9-16-27)10-17-30(36)31(32,33)34;28-27(29,30)25(31)16-13-21-11-14-24(15-12-21)34-17-19-36(32,33)20-18-35-26(22-7-3-1-4-8-22)23-9-5-2-6-10-23;2*1-2;/h6-11,13-18,30H,4-5,12,19-23H2,1-3H3;4-9,11-16,23,28-29H,10,17-20H2,1-3H3;1-12,14-15,26H,13,16-20H2;2*1-2H3;1H4/t;23-,28?;;;;/m.1..../s1. The summed E-state index contributed by atoms with van der Waals surface area (Å²) in [6.45, 7) is 25.6. The molecule has 0 bridgehead atoms. The Hall–Kier alpha value is -9.41. The van der Waals surface area contributed by atoms with Crippen molar-refractivity contribution < 1.29 is 81.3 Å². The number of aryl methyl sites for hydroxylation is 7. The topological polar surface area (TPSA) is 129 Å². The fraction of sp³-hybridized carbons (Fsp3) is 0.400. The highest BCUT2D eigenvalue weighted by molar-refractivity contribution is 7.91. The average molecular weight is 1630 g/mol. The Labute approximate surface area is 681 Å². The highest BCUT2D eigenvalue weighted by Gasteiger charge is 2.39. The Morgan fingerprint density at radius 3 is 1.16 bits per heavy atom. The molecule has 1 aliphatic heterocycles. The van der Waals surface area contributed by atoms with Crippen molar-refractivity contribution in [2.24, 2.45) is 0 Å². The highest BCUT2D eigenvalue weighted by atomic mass is 32.2. The molecule has 116 heavy (non-hydrogen) atoms. The first-order valence-electron chi connectivity index (χ1n) is 39.5. The summed E-state index contributed by atoms with van der Waals surface area (Å²) < 4.78 is 160. The van der Waals surface area contributed by atoms with Gasteiger partial charge in [-0.15, -0.1) is 0 Å². The van der Waals surface area contributed by atoms with E-state index in [1.54, 1.807) is 60.7 Å². The molecule has 0 amide bonds. The molecule has 0 N–H and O–H groups in total. The summed E-state index contributed by atoms with van der Waals surface area (Å²) in [5.41, 5.74) is 13.9. The molecule has 21 heteroatoms. The number of halogens is 9. The molecular weight excluding hydrogens is 1520 g/mol. The normalized spacial score (nSPS) is 13.5. The van der Waals surface area contributed by atoms with Crippen LogP contribution in [-0.2, 0) is 48.2 Å². The van der Waals surface area contributed by atoms with Gasteiger partial charge in [0.2, 0.25) is 17.3 Å². The SMILES string of the molecule is C.CC.CC.CCCCN(CCOc1ccc(CCC(=O)C(F)(F)F)cc1)CC(c1ccc(C)cc1)c1ccc(C)cc1.Cc1ccc(C(CN2CC(Oc3ccc(CCC(=O)C(F)(F)F)cc3)C[C@H]2C)c2ccc(C)cc2)cc1.O=C(CCc1ccc(OCCS(=O)(=O)CCOC(c2ccccc2)c2ccccc2)cc1)C(F)(F)F. The van der Waals surface area contributed by atoms with Crippen LogP contribution in [0.3, 0.4) is 0 Å². The van der Waals surface area contributed by atoms with E-state index in [1.165, 1.54) is 56.6 Å². The fourth-order valence-electron chi connectivity index (χ4n) is 12.8. The van der Waals surface area contributed by atoms with Gasteiger partial charge in [0.05, 0.1) is 18.1 Å². The Morgan fingerprint density at radius 2 is 0.793 bits per heavy atom. The van der Waals surface area contributed by atoms with Crippen LogP contribution < -0.4 is 14.2 Å². The first kappa shape index (κ1) is 97.2. The Balaban J connectivity index is 0.000000302. The number of sulfone groups is 1. The van der Waals surface area contributed by atoms with Crippen molar-refractivity contribution in [3.05, 3.63) is 303 Å². The second-order valence-electron chi connectivity index (χ2n) is 28.3. The van der Waals surface area contributed by atoms with Gasteiger partial charge in [-0.2, -0.15) is 39.5 Å². The molecule has 1 unspecified atom stereocenters. The predicted molar refractivity (Wildman–Crippen MR) is 447 cm³/mol.